The van der Waals surface area contributed by atoms with Crippen LogP contribution in [0.25, 0.3) is 0 Å². The zero-order valence-electron chi connectivity index (χ0n) is 12.6. The molecule has 1 aromatic rings. The molecular formula is C15H19NO6S. The van der Waals surface area contributed by atoms with Gasteiger partial charge in [0.15, 0.2) is 6.61 Å². The number of hydrogen-bond acceptors (Lipinski definition) is 5. The number of benzene rings is 1. The van der Waals surface area contributed by atoms with E-state index < -0.39 is 22.6 Å². The molecule has 0 radical (unpaired) electrons. The minimum absolute atomic E-state index is 0.00584. The molecule has 0 aromatic heterocycles. The van der Waals surface area contributed by atoms with Gasteiger partial charge in [0.05, 0.1) is 18.1 Å². The summed E-state index contributed by atoms with van der Waals surface area (Å²) in [7, 11) is -3.58. The summed E-state index contributed by atoms with van der Waals surface area (Å²) in [6.45, 7) is 1.41. The van der Waals surface area contributed by atoms with Crippen LogP contribution in [0.1, 0.15) is 12.8 Å². The van der Waals surface area contributed by atoms with Gasteiger partial charge in [0, 0.05) is 18.5 Å². The molecule has 0 amide bonds. The van der Waals surface area contributed by atoms with Crippen LogP contribution < -0.4 is 4.74 Å². The van der Waals surface area contributed by atoms with Crippen LogP contribution in [0.3, 0.4) is 0 Å². The molecule has 126 valence electrons. The molecule has 23 heavy (non-hydrogen) atoms. The second kappa shape index (κ2) is 6.10. The average Bonchev–Trinajstić information content (AvgIpc) is 3.32. The summed E-state index contributed by atoms with van der Waals surface area (Å²) < 4.78 is 37.6. The van der Waals surface area contributed by atoms with Gasteiger partial charge >= 0.3 is 5.97 Å². The molecule has 1 aliphatic heterocycles. The molecule has 1 spiro atoms. The molecule has 1 heterocycles. The highest BCUT2D eigenvalue weighted by molar-refractivity contribution is 7.89. The predicted molar refractivity (Wildman–Crippen MR) is 80.8 cm³/mol. The van der Waals surface area contributed by atoms with Gasteiger partial charge in [-0.2, -0.15) is 4.31 Å². The van der Waals surface area contributed by atoms with Gasteiger partial charge in [-0.1, -0.05) is 0 Å². The van der Waals surface area contributed by atoms with Crippen molar-refractivity contribution in [2.45, 2.75) is 17.7 Å². The lowest BCUT2D eigenvalue weighted by molar-refractivity contribution is -0.139. The Morgan fingerprint density at radius 2 is 2.00 bits per heavy atom. The maximum atomic E-state index is 12.8. The van der Waals surface area contributed by atoms with E-state index in [2.05, 4.69) is 0 Å². The normalized spacial score (nSPS) is 20.9. The molecule has 8 heteroatoms. The Morgan fingerprint density at radius 1 is 1.30 bits per heavy atom. The van der Waals surface area contributed by atoms with Crippen molar-refractivity contribution >= 4 is 16.0 Å². The fourth-order valence-corrected chi connectivity index (χ4v) is 4.18. The number of carboxylic acids is 1. The SMILES string of the molecule is O=C(O)COc1ccc(S(=O)(=O)N2CCOCC3(CC3)C2)cc1. The van der Waals surface area contributed by atoms with Crippen LogP contribution in [-0.2, 0) is 19.6 Å². The quantitative estimate of drug-likeness (QED) is 0.857. The highest BCUT2D eigenvalue weighted by Gasteiger charge is 2.47. The number of carboxylic acid groups (broad SMARTS) is 1. The minimum Gasteiger partial charge on any atom is -0.482 e. The molecule has 3 rings (SSSR count). The van der Waals surface area contributed by atoms with E-state index in [-0.39, 0.29) is 10.3 Å². The van der Waals surface area contributed by atoms with Crippen molar-refractivity contribution < 1.29 is 27.8 Å². The molecule has 0 unspecified atom stereocenters. The monoisotopic (exact) mass is 341 g/mol. The van der Waals surface area contributed by atoms with Gasteiger partial charge in [-0.05, 0) is 37.1 Å². The minimum atomic E-state index is -3.58. The molecule has 0 atom stereocenters. The van der Waals surface area contributed by atoms with Crippen molar-refractivity contribution in [2.75, 3.05) is 32.9 Å². The van der Waals surface area contributed by atoms with E-state index in [0.29, 0.717) is 32.1 Å². The third-order valence-electron chi connectivity index (χ3n) is 4.19. The van der Waals surface area contributed by atoms with Crippen LogP contribution in [0.5, 0.6) is 5.75 Å². The molecule has 2 aliphatic rings. The average molecular weight is 341 g/mol. The number of carbonyl (C=O) groups is 1. The van der Waals surface area contributed by atoms with E-state index in [4.69, 9.17) is 14.6 Å². The van der Waals surface area contributed by atoms with E-state index in [1.807, 2.05) is 0 Å². The Morgan fingerprint density at radius 3 is 2.61 bits per heavy atom. The van der Waals surface area contributed by atoms with Gasteiger partial charge < -0.3 is 14.6 Å². The van der Waals surface area contributed by atoms with Crippen molar-refractivity contribution in [3.63, 3.8) is 0 Å². The molecule has 1 N–H and O–H groups in total. The summed E-state index contributed by atoms with van der Waals surface area (Å²) in [5.74, 6) is -0.759. The van der Waals surface area contributed by atoms with Crippen LogP contribution in [0.15, 0.2) is 29.2 Å². The van der Waals surface area contributed by atoms with Crippen LogP contribution in [0, 0.1) is 5.41 Å². The highest BCUT2D eigenvalue weighted by Crippen LogP contribution is 2.47. The summed E-state index contributed by atoms with van der Waals surface area (Å²) in [5, 5.41) is 8.57. The maximum absolute atomic E-state index is 12.8. The molecule has 0 bridgehead atoms. The number of aliphatic carboxylic acids is 1. The van der Waals surface area contributed by atoms with Crippen LogP contribution >= 0.6 is 0 Å². The van der Waals surface area contributed by atoms with E-state index in [9.17, 15) is 13.2 Å². The lowest BCUT2D eigenvalue weighted by atomic mass is 10.1. The molecular weight excluding hydrogens is 322 g/mol. The van der Waals surface area contributed by atoms with Crippen molar-refractivity contribution in [2.24, 2.45) is 5.41 Å². The third-order valence-corrected chi connectivity index (χ3v) is 6.05. The van der Waals surface area contributed by atoms with Gasteiger partial charge in [0.1, 0.15) is 5.75 Å². The van der Waals surface area contributed by atoms with Crippen molar-refractivity contribution in [1.29, 1.82) is 0 Å². The zero-order valence-corrected chi connectivity index (χ0v) is 13.4. The van der Waals surface area contributed by atoms with Crippen molar-refractivity contribution in [1.82, 2.24) is 4.31 Å². The summed E-state index contributed by atoms with van der Waals surface area (Å²) in [5.41, 5.74) is -0.00584. The Kier molecular flexibility index (Phi) is 4.31. The second-order valence-electron chi connectivity index (χ2n) is 6.04. The lowest BCUT2D eigenvalue weighted by Gasteiger charge is -2.22. The van der Waals surface area contributed by atoms with Gasteiger partial charge in [-0.25, -0.2) is 13.2 Å². The van der Waals surface area contributed by atoms with E-state index in [0.717, 1.165) is 12.8 Å². The van der Waals surface area contributed by atoms with Gasteiger partial charge in [0.2, 0.25) is 10.0 Å². The predicted octanol–water partition coefficient (Wildman–Crippen LogP) is 0.951. The summed E-state index contributed by atoms with van der Waals surface area (Å²) in [4.78, 5) is 10.6. The van der Waals surface area contributed by atoms with E-state index in [1.165, 1.54) is 28.6 Å². The lowest BCUT2D eigenvalue weighted by Crippen LogP contribution is -2.36. The number of rotatable bonds is 5. The van der Waals surface area contributed by atoms with Crippen LogP contribution in [0.2, 0.25) is 0 Å². The summed E-state index contributed by atoms with van der Waals surface area (Å²) >= 11 is 0. The molecule has 1 aromatic carbocycles. The second-order valence-corrected chi connectivity index (χ2v) is 7.98. The first-order chi connectivity index (χ1) is 10.9. The standard InChI is InChI=1S/C15H19NO6S/c17-14(18)9-22-12-1-3-13(4-2-12)23(19,20)16-7-8-21-11-15(10-16)5-6-15/h1-4H,5-11H2,(H,17,18). The Balaban J connectivity index is 1.74. The van der Waals surface area contributed by atoms with E-state index in [1.54, 1.807) is 0 Å². The Bertz CT molecular complexity index is 680. The van der Waals surface area contributed by atoms with Gasteiger partial charge in [0.25, 0.3) is 0 Å². The molecule has 1 saturated carbocycles. The fraction of sp³-hybridized carbons (Fsp3) is 0.533. The summed E-state index contributed by atoms with van der Waals surface area (Å²) in [6.07, 6.45) is 2.00. The highest BCUT2D eigenvalue weighted by atomic mass is 32.2. The van der Waals surface area contributed by atoms with Crippen molar-refractivity contribution in [3.8, 4) is 5.75 Å². The molecule has 1 aliphatic carbocycles. The number of nitrogens with zero attached hydrogens (tertiary/aromatic N) is 1. The zero-order chi connectivity index (χ0) is 16.5. The third kappa shape index (κ3) is 3.65. The van der Waals surface area contributed by atoms with Crippen LogP contribution in [0.4, 0.5) is 0 Å². The Hall–Kier alpha value is -1.64. The number of sulfonamides is 1. The maximum Gasteiger partial charge on any atom is 0.341 e. The van der Waals surface area contributed by atoms with Crippen molar-refractivity contribution in [3.05, 3.63) is 24.3 Å². The first kappa shape index (κ1) is 16.2. The van der Waals surface area contributed by atoms with E-state index >= 15 is 0 Å². The van der Waals surface area contributed by atoms with Crippen LogP contribution in [-0.4, -0.2) is 56.7 Å². The largest absolute Gasteiger partial charge is 0.482 e. The van der Waals surface area contributed by atoms with Gasteiger partial charge in [-0.15, -0.1) is 0 Å². The summed E-state index contributed by atoms with van der Waals surface area (Å²) in [6, 6.07) is 5.82. The number of hydrogen-bond donors (Lipinski definition) is 1. The first-order valence-electron chi connectivity index (χ1n) is 7.44. The molecule has 2 fully saturated rings. The van der Waals surface area contributed by atoms with Gasteiger partial charge in [-0.3, -0.25) is 0 Å². The smallest absolute Gasteiger partial charge is 0.341 e. The first-order valence-corrected chi connectivity index (χ1v) is 8.88. The molecule has 7 nitrogen and oxygen atoms in total. The number of ether oxygens (including phenoxy) is 2. The molecule has 1 saturated heterocycles. The topological polar surface area (TPSA) is 93.1 Å². The fourth-order valence-electron chi connectivity index (χ4n) is 2.64. The Labute approximate surface area is 134 Å².